The first-order valence-corrected chi connectivity index (χ1v) is 12.7. The lowest BCUT2D eigenvalue weighted by Crippen LogP contribution is -2.55. The third-order valence-corrected chi connectivity index (χ3v) is 7.37. The monoisotopic (exact) mass is 535 g/mol. The molecule has 3 heterocycles. The molecule has 1 unspecified atom stereocenters. The van der Waals surface area contributed by atoms with Crippen molar-refractivity contribution in [2.24, 2.45) is 5.92 Å². The number of carboxylic acids is 1. The minimum atomic E-state index is -4.77. The standard InChI is InChI=1S/C27H29F4N3O4/c1-2-5-21-19(6-4-12-33(21)26(38)24-20(27(29,30)31)7-3-11-32-24)25(37)34-13-10-16-14-17(28)8-9-18(16)22(34)15-23(35)36/h3,7-9,11,14,19,21-22H,2,4-6,10,12-13,15H2,1H3,(H,35,36)/t19-,21-,22?/m1/s1. The number of alkyl halides is 3. The minimum absolute atomic E-state index is 0.176. The molecule has 4 rings (SSSR count). The van der Waals surface area contributed by atoms with E-state index in [1.54, 1.807) is 0 Å². The van der Waals surface area contributed by atoms with E-state index in [1.807, 2.05) is 6.92 Å². The van der Waals surface area contributed by atoms with Gasteiger partial charge in [-0.15, -0.1) is 0 Å². The number of aromatic nitrogens is 1. The Morgan fingerprint density at radius 2 is 1.89 bits per heavy atom. The number of pyridine rings is 1. The van der Waals surface area contributed by atoms with Crippen LogP contribution in [0.2, 0.25) is 0 Å². The van der Waals surface area contributed by atoms with Crippen LogP contribution in [0.3, 0.4) is 0 Å². The van der Waals surface area contributed by atoms with Crippen LogP contribution in [0, 0.1) is 11.7 Å². The van der Waals surface area contributed by atoms with E-state index in [0.717, 1.165) is 18.3 Å². The van der Waals surface area contributed by atoms with E-state index in [1.165, 1.54) is 28.0 Å². The van der Waals surface area contributed by atoms with Crippen molar-refractivity contribution in [3.05, 3.63) is 64.7 Å². The summed E-state index contributed by atoms with van der Waals surface area (Å²) in [7, 11) is 0. The number of nitrogens with zero attached hydrogens (tertiary/aromatic N) is 3. The Hall–Kier alpha value is -3.50. The summed E-state index contributed by atoms with van der Waals surface area (Å²) in [6.45, 7) is 2.22. The molecule has 2 aromatic rings. The van der Waals surface area contributed by atoms with Gasteiger partial charge in [0.05, 0.1) is 23.9 Å². The van der Waals surface area contributed by atoms with Gasteiger partial charge in [0.15, 0.2) is 0 Å². The maximum atomic E-state index is 14.0. The molecule has 2 amide bonds. The zero-order chi connectivity index (χ0) is 27.6. The molecular weight excluding hydrogens is 506 g/mol. The normalized spacial score (nSPS) is 21.7. The molecule has 204 valence electrons. The van der Waals surface area contributed by atoms with E-state index >= 15 is 0 Å². The average Bonchev–Trinajstić information content (AvgIpc) is 2.87. The zero-order valence-electron chi connectivity index (χ0n) is 20.9. The first kappa shape index (κ1) is 27.5. The number of fused-ring (bicyclic) bond motifs is 1. The summed E-state index contributed by atoms with van der Waals surface area (Å²) in [5.41, 5.74) is -0.629. The molecule has 2 aliphatic heterocycles. The first-order chi connectivity index (χ1) is 18.0. The van der Waals surface area contributed by atoms with E-state index in [-0.39, 0.29) is 25.4 Å². The SMILES string of the molecule is CCC[C@@H]1[C@H](C(=O)N2CCc3cc(F)ccc3C2CC(=O)O)CCCN1C(=O)c1ncccc1C(F)(F)F. The van der Waals surface area contributed by atoms with E-state index in [0.29, 0.717) is 43.2 Å². The number of aliphatic carboxylic acids is 1. The molecule has 0 bridgehead atoms. The number of piperidine rings is 1. The smallest absolute Gasteiger partial charge is 0.418 e. The number of amides is 2. The predicted molar refractivity (Wildman–Crippen MR) is 129 cm³/mol. The minimum Gasteiger partial charge on any atom is -0.481 e. The van der Waals surface area contributed by atoms with Gasteiger partial charge in [-0.05, 0) is 61.1 Å². The fraction of sp³-hybridized carbons (Fsp3) is 0.481. The van der Waals surface area contributed by atoms with Gasteiger partial charge in [0.25, 0.3) is 5.91 Å². The first-order valence-electron chi connectivity index (χ1n) is 12.7. The Labute approximate surface area is 217 Å². The molecule has 11 heteroatoms. The van der Waals surface area contributed by atoms with Gasteiger partial charge in [-0.3, -0.25) is 19.4 Å². The van der Waals surface area contributed by atoms with Crippen molar-refractivity contribution in [3.8, 4) is 0 Å². The fourth-order valence-electron chi connectivity index (χ4n) is 5.73. The number of benzene rings is 1. The summed E-state index contributed by atoms with van der Waals surface area (Å²) in [6, 6.07) is 4.52. The summed E-state index contributed by atoms with van der Waals surface area (Å²) in [4.78, 5) is 45.7. The second kappa shape index (κ2) is 11.1. The Kier molecular flexibility index (Phi) is 8.03. The van der Waals surface area contributed by atoms with Gasteiger partial charge in [-0.25, -0.2) is 4.39 Å². The highest BCUT2D eigenvalue weighted by Crippen LogP contribution is 2.38. The molecule has 0 saturated carbocycles. The second-order valence-electron chi connectivity index (χ2n) is 9.74. The van der Waals surface area contributed by atoms with Gasteiger partial charge in [0.1, 0.15) is 11.5 Å². The highest BCUT2D eigenvalue weighted by atomic mass is 19.4. The number of hydrogen-bond acceptors (Lipinski definition) is 4. The Morgan fingerprint density at radius 3 is 2.58 bits per heavy atom. The van der Waals surface area contributed by atoms with Gasteiger partial charge in [-0.2, -0.15) is 13.2 Å². The van der Waals surface area contributed by atoms with E-state index in [4.69, 9.17) is 0 Å². The second-order valence-corrected chi connectivity index (χ2v) is 9.74. The highest BCUT2D eigenvalue weighted by Gasteiger charge is 2.44. The van der Waals surface area contributed by atoms with Crippen molar-refractivity contribution < 1.29 is 37.1 Å². The number of carbonyl (C=O) groups is 3. The summed E-state index contributed by atoms with van der Waals surface area (Å²) in [5, 5.41) is 9.56. The van der Waals surface area contributed by atoms with Crippen molar-refractivity contribution in [1.29, 1.82) is 0 Å². The van der Waals surface area contributed by atoms with Gasteiger partial charge >= 0.3 is 12.1 Å². The fourth-order valence-corrected chi connectivity index (χ4v) is 5.73. The molecule has 1 aromatic carbocycles. The van der Waals surface area contributed by atoms with Crippen LogP contribution < -0.4 is 0 Å². The topological polar surface area (TPSA) is 90.8 Å². The lowest BCUT2D eigenvalue weighted by atomic mass is 9.82. The van der Waals surface area contributed by atoms with Crippen LogP contribution in [0.4, 0.5) is 17.6 Å². The summed E-state index contributed by atoms with van der Waals surface area (Å²) < 4.78 is 54.7. The van der Waals surface area contributed by atoms with Crippen LogP contribution in [0.1, 0.15) is 72.2 Å². The molecule has 1 aromatic heterocycles. The number of carboxylic acid groups (broad SMARTS) is 1. The molecule has 0 spiro atoms. The zero-order valence-corrected chi connectivity index (χ0v) is 20.9. The maximum absolute atomic E-state index is 14.0. The summed E-state index contributed by atoms with van der Waals surface area (Å²) in [6.07, 6.45) is -1.90. The van der Waals surface area contributed by atoms with E-state index < -0.39 is 53.1 Å². The average molecular weight is 536 g/mol. The molecular formula is C27H29F4N3O4. The molecule has 0 radical (unpaired) electrons. The molecule has 0 aliphatic carbocycles. The predicted octanol–water partition coefficient (Wildman–Crippen LogP) is 4.86. The maximum Gasteiger partial charge on any atom is 0.418 e. The Morgan fingerprint density at radius 1 is 1.13 bits per heavy atom. The molecule has 1 N–H and O–H groups in total. The largest absolute Gasteiger partial charge is 0.481 e. The van der Waals surface area contributed by atoms with Crippen molar-refractivity contribution in [2.45, 2.75) is 63.7 Å². The molecule has 3 atom stereocenters. The van der Waals surface area contributed by atoms with Gasteiger partial charge < -0.3 is 14.9 Å². The number of hydrogen-bond donors (Lipinski definition) is 1. The lowest BCUT2D eigenvalue weighted by molar-refractivity contribution is -0.146. The number of carbonyl (C=O) groups excluding carboxylic acids is 2. The van der Waals surface area contributed by atoms with Gasteiger partial charge in [0, 0.05) is 25.3 Å². The van der Waals surface area contributed by atoms with Gasteiger partial charge in [-0.1, -0.05) is 19.4 Å². The number of likely N-dealkylation sites (tertiary alicyclic amines) is 1. The Bertz CT molecular complexity index is 1220. The van der Waals surface area contributed by atoms with Crippen LogP contribution >= 0.6 is 0 Å². The van der Waals surface area contributed by atoms with Crippen LogP contribution in [-0.4, -0.2) is 56.8 Å². The van der Waals surface area contributed by atoms with Crippen LogP contribution in [-0.2, 0) is 22.2 Å². The molecule has 1 saturated heterocycles. The van der Waals surface area contributed by atoms with Gasteiger partial charge in [0.2, 0.25) is 5.91 Å². The van der Waals surface area contributed by atoms with E-state index in [9.17, 15) is 37.1 Å². The van der Waals surface area contributed by atoms with Crippen molar-refractivity contribution >= 4 is 17.8 Å². The molecule has 38 heavy (non-hydrogen) atoms. The summed E-state index contributed by atoms with van der Waals surface area (Å²) in [5.74, 6) is -3.51. The third kappa shape index (κ3) is 5.51. The number of halogens is 4. The Balaban J connectivity index is 1.66. The van der Waals surface area contributed by atoms with Crippen molar-refractivity contribution in [2.75, 3.05) is 13.1 Å². The van der Waals surface area contributed by atoms with E-state index in [2.05, 4.69) is 4.98 Å². The lowest BCUT2D eigenvalue weighted by Gasteiger charge is -2.45. The highest BCUT2D eigenvalue weighted by molar-refractivity contribution is 5.95. The van der Waals surface area contributed by atoms with Crippen molar-refractivity contribution in [3.63, 3.8) is 0 Å². The van der Waals surface area contributed by atoms with Crippen LogP contribution in [0.25, 0.3) is 0 Å². The summed E-state index contributed by atoms with van der Waals surface area (Å²) >= 11 is 0. The number of rotatable bonds is 6. The molecule has 2 aliphatic rings. The quantitative estimate of drug-likeness (QED) is 0.534. The third-order valence-electron chi connectivity index (χ3n) is 7.37. The molecule has 1 fully saturated rings. The van der Waals surface area contributed by atoms with Crippen molar-refractivity contribution in [1.82, 2.24) is 14.8 Å². The molecule has 7 nitrogen and oxygen atoms in total. The van der Waals surface area contributed by atoms with Crippen LogP contribution in [0.5, 0.6) is 0 Å². The van der Waals surface area contributed by atoms with Crippen LogP contribution in [0.15, 0.2) is 36.5 Å².